The first kappa shape index (κ1) is 37.9. The van der Waals surface area contributed by atoms with E-state index in [0.29, 0.717) is 83.9 Å². The Labute approximate surface area is 305 Å². The van der Waals surface area contributed by atoms with Gasteiger partial charge in [0.25, 0.3) is 17.7 Å². The van der Waals surface area contributed by atoms with Gasteiger partial charge in [-0.25, -0.2) is 9.97 Å². The highest BCUT2D eigenvalue weighted by Crippen LogP contribution is 2.30. The fourth-order valence-corrected chi connectivity index (χ4v) is 6.15. The number of aliphatic hydroxyl groups is 1. The zero-order valence-corrected chi connectivity index (χ0v) is 30.5. The number of anilines is 3. The summed E-state index contributed by atoms with van der Waals surface area (Å²) in [5.41, 5.74) is 9.97. The van der Waals surface area contributed by atoms with Crippen molar-refractivity contribution in [2.75, 3.05) is 35.7 Å². The number of allylic oxidation sites excluding steroid dienone is 1. The fourth-order valence-electron chi connectivity index (χ4n) is 6.15. The average Bonchev–Trinajstić information content (AvgIpc) is 3.82. The number of rotatable bonds is 16. The summed E-state index contributed by atoms with van der Waals surface area (Å²) in [6, 6.07) is 12.0. The number of aryl methyl sites for hydroxylation is 4. The molecule has 3 aromatic heterocycles. The van der Waals surface area contributed by atoms with Crippen LogP contribution in [0.2, 0.25) is 0 Å². The van der Waals surface area contributed by atoms with Gasteiger partial charge in [-0.1, -0.05) is 12.1 Å². The van der Waals surface area contributed by atoms with Gasteiger partial charge >= 0.3 is 0 Å². The van der Waals surface area contributed by atoms with Crippen molar-refractivity contribution in [2.24, 2.45) is 10.8 Å². The summed E-state index contributed by atoms with van der Waals surface area (Å²) < 4.78 is 5.35. The molecule has 0 saturated heterocycles. The quantitative estimate of drug-likeness (QED) is 0.0507. The second kappa shape index (κ2) is 16.3. The van der Waals surface area contributed by atoms with E-state index in [2.05, 4.69) is 32.5 Å². The Morgan fingerprint density at radius 1 is 1.00 bits per heavy atom. The summed E-state index contributed by atoms with van der Waals surface area (Å²) in [5, 5.41) is 25.2. The molecule has 0 saturated carbocycles. The SMILES string of the molecule is C=NN(CC)/C(=C\C)C(=O)Nc1nc2cc(C(N)=O)ccc2n1CCCCn1c(NC(=O)c2cc(C)nn2CC)nc2c(N(C)C(=O)CO)cccc21. The molecule has 0 bridgehead atoms. The second-order valence-corrected chi connectivity index (χ2v) is 12.1. The van der Waals surface area contributed by atoms with Gasteiger partial charge in [0.05, 0.1) is 27.9 Å². The third-order valence-corrected chi connectivity index (χ3v) is 8.81. The summed E-state index contributed by atoms with van der Waals surface area (Å²) in [6.45, 7) is 11.9. The molecule has 17 nitrogen and oxygen atoms in total. The van der Waals surface area contributed by atoms with Gasteiger partial charge in [0.15, 0.2) is 0 Å². The van der Waals surface area contributed by atoms with Crippen LogP contribution in [0.3, 0.4) is 0 Å². The van der Waals surface area contributed by atoms with Crippen LogP contribution >= 0.6 is 0 Å². The maximum absolute atomic E-state index is 13.5. The van der Waals surface area contributed by atoms with Crippen molar-refractivity contribution < 1.29 is 24.3 Å². The zero-order valence-electron chi connectivity index (χ0n) is 30.5. The number of aliphatic hydroxyl groups excluding tert-OH is 1. The van der Waals surface area contributed by atoms with E-state index < -0.39 is 24.3 Å². The van der Waals surface area contributed by atoms with Crippen LogP contribution in [-0.4, -0.2) is 89.5 Å². The number of likely N-dealkylation sites (N-methyl/N-ethyl adjacent to an activating group) is 2. The van der Waals surface area contributed by atoms with Crippen molar-refractivity contribution in [3.63, 3.8) is 0 Å². The minimum Gasteiger partial charge on any atom is -0.387 e. The number of amides is 4. The number of hydrogen-bond acceptors (Lipinski definition) is 10. The van der Waals surface area contributed by atoms with E-state index in [1.165, 1.54) is 9.91 Å². The lowest BCUT2D eigenvalue weighted by Gasteiger charge is -2.19. The minimum atomic E-state index is -0.676. The summed E-state index contributed by atoms with van der Waals surface area (Å²) in [4.78, 5) is 62.1. The number of nitrogens with one attached hydrogen (secondary N) is 2. The Bertz CT molecular complexity index is 2230. The average molecular weight is 725 g/mol. The van der Waals surface area contributed by atoms with Gasteiger partial charge in [-0.3, -0.25) is 39.5 Å². The van der Waals surface area contributed by atoms with Gasteiger partial charge in [-0.2, -0.15) is 10.2 Å². The summed E-state index contributed by atoms with van der Waals surface area (Å²) in [5.74, 6) is -1.38. The maximum atomic E-state index is 13.5. The molecule has 5 rings (SSSR count). The van der Waals surface area contributed by atoms with E-state index in [4.69, 9.17) is 10.7 Å². The Morgan fingerprint density at radius 3 is 2.32 bits per heavy atom. The van der Waals surface area contributed by atoms with Crippen LogP contribution in [-0.2, 0) is 29.2 Å². The molecule has 278 valence electrons. The van der Waals surface area contributed by atoms with Crippen LogP contribution < -0.4 is 21.3 Å². The number of para-hydroxylation sites is 1. The van der Waals surface area contributed by atoms with Crippen LogP contribution in [0.15, 0.2) is 59.3 Å². The first-order chi connectivity index (χ1) is 25.4. The zero-order chi connectivity index (χ0) is 38.4. The number of aromatic nitrogens is 6. The predicted molar refractivity (Wildman–Crippen MR) is 203 cm³/mol. The molecule has 0 spiro atoms. The van der Waals surface area contributed by atoms with E-state index in [9.17, 15) is 24.3 Å². The number of nitrogens with two attached hydrogens (primary N) is 1. The van der Waals surface area contributed by atoms with Gasteiger partial charge in [-0.15, -0.1) is 0 Å². The van der Waals surface area contributed by atoms with Gasteiger partial charge in [0.2, 0.25) is 17.8 Å². The van der Waals surface area contributed by atoms with Gasteiger partial charge in [0, 0.05) is 45.5 Å². The molecule has 0 atom stereocenters. The highest BCUT2D eigenvalue weighted by Gasteiger charge is 2.23. The van der Waals surface area contributed by atoms with E-state index in [0.717, 1.165) is 0 Å². The van der Waals surface area contributed by atoms with Crippen molar-refractivity contribution >= 4 is 70.0 Å². The first-order valence-electron chi connectivity index (χ1n) is 17.2. The summed E-state index contributed by atoms with van der Waals surface area (Å²) in [7, 11) is 1.55. The molecule has 17 heteroatoms. The molecule has 2 aromatic carbocycles. The molecule has 0 unspecified atom stereocenters. The van der Waals surface area contributed by atoms with Crippen LogP contribution in [0.4, 0.5) is 17.6 Å². The Hall–Kier alpha value is -6.36. The van der Waals surface area contributed by atoms with E-state index in [1.807, 2.05) is 36.0 Å². The van der Waals surface area contributed by atoms with Crippen LogP contribution in [0.5, 0.6) is 0 Å². The second-order valence-electron chi connectivity index (χ2n) is 12.1. The number of carbonyl (C=O) groups is 4. The molecular weight excluding hydrogens is 680 g/mol. The lowest BCUT2D eigenvalue weighted by Crippen LogP contribution is -2.29. The fraction of sp³-hybridized carbons (Fsp3) is 0.333. The summed E-state index contributed by atoms with van der Waals surface area (Å²) >= 11 is 0. The molecule has 3 heterocycles. The number of hydrazone groups is 1. The van der Waals surface area contributed by atoms with Crippen molar-refractivity contribution in [1.29, 1.82) is 0 Å². The number of nitrogens with zero attached hydrogens (tertiary/aromatic N) is 9. The number of unbranched alkanes of at least 4 members (excludes halogenated alkanes) is 1. The van der Waals surface area contributed by atoms with E-state index in [-0.39, 0.29) is 23.4 Å². The smallest absolute Gasteiger partial charge is 0.276 e. The highest BCUT2D eigenvalue weighted by atomic mass is 16.3. The number of carbonyl (C=O) groups excluding carboxylic acids is 4. The van der Waals surface area contributed by atoms with Gasteiger partial charge < -0.3 is 24.9 Å². The number of primary amides is 1. The number of benzene rings is 2. The van der Waals surface area contributed by atoms with Gasteiger partial charge in [0.1, 0.15) is 23.5 Å². The largest absolute Gasteiger partial charge is 0.387 e. The van der Waals surface area contributed by atoms with Crippen LogP contribution in [0, 0.1) is 6.92 Å². The first-order valence-corrected chi connectivity index (χ1v) is 17.2. The molecule has 4 amide bonds. The molecular formula is C36H44N12O5. The van der Waals surface area contributed by atoms with Crippen molar-refractivity contribution in [3.05, 3.63) is 71.2 Å². The molecule has 0 aliphatic heterocycles. The molecule has 0 fully saturated rings. The highest BCUT2D eigenvalue weighted by molar-refractivity contribution is 6.06. The monoisotopic (exact) mass is 724 g/mol. The maximum Gasteiger partial charge on any atom is 0.276 e. The predicted octanol–water partition coefficient (Wildman–Crippen LogP) is 3.48. The topological polar surface area (TPSA) is 211 Å². The lowest BCUT2D eigenvalue weighted by molar-refractivity contribution is -0.121. The van der Waals surface area contributed by atoms with Crippen molar-refractivity contribution in [1.82, 2.24) is 33.9 Å². The normalized spacial score (nSPS) is 11.5. The third kappa shape index (κ3) is 7.79. The van der Waals surface area contributed by atoms with Gasteiger partial charge in [-0.05, 0) is 76.9 Å². The Morgan fingerprint density at radius 2 is 1.70 bits per heavy atom. The summed E-state index contributed by atoms with van der Waals surface area (Å²) in [6.07, 6.45) is 2.82. The third-order valence-electron chi connectivity index (χ3n) is 8.81. The Balaban J connectivity index is 1.46. The van der Waals surface area contributed by atoms with Crippen molar-refractivity contribution in [3.8, 4) is 0 Å². The minimum absolute atomic E-state index is 0.274. The molecule has 5 aromatic rings. The van der Waals surface area contributed by atoms with E-state index >= 15 is 0 Å². The van der Waals surface area contributed by atoms with Crippen molar-refractivity contribution in [2.45, 2.75) is 60.2 Å². The molecule has 53 heavy (non-hydrogen) atoms. The molecule has 0 aliphatic rings. The van der Waals surface area contributed by atoms with Crippen LogP contribution in [0.1, 0.15) is 60.2 Å². The lowest BCUT2D eigenvalue weighted by atomic mass is 10.2. The Kier molecular flexibility index (Phi) is 11.7. The molecule has 0 aliphatic carbocycles. The number of fused-ring (bicyclic) bond motifs is 2. The number of imidazole rings is 2. The van der Waals surface area contributed by atoms with E-state index in [1.54, 1.807) is 61.1 Å². The molecule has 5 N–H and O–H groups in total. The van der Waals surface area contributed by atoms with Crippen LogP contribution in [0.25, 0.3) is 22.1 Å². The molecule has 0 radical (unpaired) electrons. The standard InChI is InChI=1S/C36H44N12O5/c1-7-25(47(8-2)38-5)33(52)41-35-39-24-20-23(32(37)51)15-16-26(24)45(35)17-10-11-18-46-28-14-12-13-27(44(6)30(50)21-49)31(28)40-36(46)42-34(53)29-19-22(4)43-48(29)9-3/h7,12-16,19-20,49H,5,8-11,17-18,21H2,1-4,6H3,(H2,37,51)(H,39,41,52)(H,40,42,53)/b25-7-. The number of hydrogen-bond donors (Lipinski definition) is 4.